The van der Waals surface area contributed by atoms with E-state index in [1.807, 2.05) is 30.3 Å². The van der Waals surface area contributed by atoms with Gasteiger partial charge >= 0.3 is 5.97 Å². The van der Waals surface area contributed by atoms with Gasteiger partial charge < -0.3 is 26.4 Å². The van der Waals surface area contributed by atoms with Crippen LogP contribution in [0.4, 0.5) is 11.4 Å². The second kappa shape index (κ2) is 9.29. The Balaban J connectivity index is 1.91. The summed E-state index contributed by atoms with van der Waals surface area (Å²) >= 11 is 0. The number of anilines is 2. The Morgan fingerprint density at radius 2 is 1.90 bits per heavy atom. The molecule has 0 spiro atoms. The zero-order valence-corrected chi connectivity index (χ0v) is 17.0. The molecule has 2 aromatic rings. The standard InChI is InChI=1S/C22H24N4O5/c1-13(9-20(28)29)24-19(27)12-26-18(10-14-5-3-2-4-6-14)21(30)25-17-8-7-15(23)11-16(17)22(26)31/h2-8,11,13,18H,9-10,12,23H2,1H3,(H,24,27)(H,25,30)(H,28,29)/t13?,18-/m0/s1. The molecular formula is C22H24N4O5. The van der Waals surface area contributed by atoms with Gasteiger partial charge in [0.05, 0.1) is 17.7 Å². The van der Waals surface area contributed by atoms with Crippen molar-refractivity contribution in [2.45, 2.75) is 31.8 Å². The summed E-state index contributed by atoms with van der Waals surface area (Å²) in [4.78, 5) is 51.0. The number of rotatable bonds is 7. The van der Waals surface area contributed by atoms with Crippen LogP contribution in [0.25, 0.3) is 0 Å². The van der Waals surface area contributed by atoms with Crippen LogP contribution in [0.1, 0.15) is 29.3 Å². The van der Waals surface area contributed by atoms with Crippen LogP contribution < -0.4 is 16.4 Å². The van der Waals surface area contributed by atoms with Gasteiger partial charge in [-0.05, 0) is 30.7 Å². The van der Waals surface area contributed by atoms with E-state index in [-0.39, 0.29) is 18.4 Å². The zero-order chi connectivity index (χ0) is 22.5. The van der Waals surface area contributed by atoms with Crippen LogP contribution in [0.15, 0.2) is 48.5 Å². The molecule has 0 saturated carbocycles. The van der Waals surface area contributed by atoms with E-state index in [9.17, 15) is 19.2 Å². The predicted molar refractivity (Wildman–Crippen MR) is 114 cm³/mol. The summed E-state index contributed by atoms with van der Waals surface area (Å²) in [7, 11) is 0. The van der Waals surface area contributed by atoms with Crippen molar-refractivity contribution in [3.63, 3.8) is 0 Å². The molecule has 9 heteroatoms. The molecule has 9 nitrogen and oxygen atoms in total. The second-order valence-corrected chi connectivity index (χ2v) is 7.50. The molecule has 0 bridgehead atoms. The fraction of sp³-hybridized carbons (Fsp3) is 0.273. The largest absolute Gasteiger partial charge is 0.481 e. The predicted octanol–water partition coefficient (Wildman–Crippen LogP) is 1.25. The van der Waals surface area contributed by atoms with Crippen LogP contribution in [0, 0.1) is 0 Å². The second-order valence-electron chi connectivity index (χ2n) is 7.50. The Kier molecular flexibility index (Phi) is 6.54. The van der Waals surface area contributed by atoms with Crippen molar-refractivity contribution >= 4 is 35.1 Å². The number of amides is 3. The van der Waals surface area contributed by atoms with E-state index in [2.05, 4.69) is 10.6 Å². The van der Waals surface area contributed by atoms with E-state index in [0.717, 1.165) is 5.56 Å². The lowest BCUT2D eigenvalue weighted by molar-refractivity contribution is -0.137. The maximum Gasteiger partial charge on any atom is 0.305 e. The first-order chi connectivity index (χ1) is 14.7. The Bertz CT molecular complexity index is 1010. The quantitative estimate of drug-likeness (QED) is 0.493. The third-order valence-electron chi connectivity index (χ3n) is 4.95. The minimum Gasteiger partial charge on any atom is -0.481 e. The monoisotopic (exact) mass is 424 g/mol. The van der Waals surface area contributed by atoms with Crippen LogP contribution >= 0.6 is 0 Å². The SMILES string of the molecule is CC(CC(=O)O)NC(=O)CN1C(=O)c2cc(N)ccc2NC(=O)[C@@H]1Cc1ccccc1. The number of aliphatic carboxylic acids is 1. The van der Waals surface area contributed by atoms with E-state index >= 15 is 0 Å². The molecule has 31 heavy (non-hydrogen) atoms. The molecular weight excluding hydrogens is 400 g/mol. The third kappa shape index (κ3) is 5.39. The third-order valence-corrected chi connectivity index (χ3v) is 4.95. The van der Waals surface area contributed by atoms with Gasteiger partial charge in [0, 0.05) is 18.2 Å². The average molecular weight is 424 g/mol. The summed E-state index contributed by atoms with van der Waals surface area (Å²) in [5, 5.41) is 14.2. The van der Waals surface area contributed by atoms with E-state index in [4.69, 9.17) is 10.8 Å². The van der Waals surface area contributed by atoms with Gasteiger partial charge in [-0.3, -0.25) is 19.2 Å². The molecule has 1 heterocycles. The first-order valence-corrected chi connectivity index (χ1v) is 9.81. The normalized spacial score (nSPS) is 16.7. The number of carboxylic acid groups (broad SMARTS) is 1. The highest BCUT2D eigenvalue weighted by molar-refractivity contribution is 6.11. The molecule has 3 amide bonds. The van der Waals surface area contributed by atoms with Crippen molar-refractivity contribution in [1.29, 1.82) is 0 Å². The van der Waals surface area contributed by atoms with E-state index < -0.39 is 42.3 Å². The first-order valence-electron chi connectivity index (χ1n) is 9.81. The molecule has 3 rings (SSSR count). The number of carboxylic acids is 1. The van der Waals surface area contributed by atoms with Crippen LogP contribution in [0.5, 0.6) is 0 Å². The lowest BCUT2D eigenvalue weighted by atomic mass is 10.0. The molecule has 2 atom stereocenters. The molecule has 5 N–H and O–H groups in total. The fourth-order valence-electron chi connectivity index (χ4n) is 3.51. The maximum absolute atomic E-state index is 13.3. The van der Waals surface area contributed by atoms with Gasteiger partial charge in [0.2, 0.25) is 11.8 Å². The molecule has 1 unspecified atom stereocenters. The summed E-state index contributed by atoms with van der Waals surface area (Å²) < 4.78 is 0. The summed E-state index contributed by atoms with van der Waals surface area (Å²) in [6.07, 6.45) is -0.0488. The molecule has 1 aliphatic heterocycles. The molecule has 162 valence electrons. The van der Waals surface area contributed by atoms with Crippen LogP contribution in [0.3, 0.4) is 0 Å². The van der Waals surface area contributed by atoms with Gasteiger partial charge in [0.1, 0.15) is 12.6 Å². The molecule has 0 radical (unpaired) electrons. The number of carbonyl (C=O) groups is 4. The first kappa shape index (κ1) is 21.8. The zero-order valence-electron chi connectivity index (χ0n) is 17.0. The minimum atomic E-state index is -1.05. The summed E-state index contributed by atoms with van der Waals surface area (Å²) in [5.74, 6) is -2.54. The van der Waals surface area contributed by atoms with E-state index in [1.54, 1.807) is 19.1 Å². The summed E-state index contributed by atoms with van der Waals surface area (Å²) in [6, 6.07) is 12.2. The topological polar surface area (TPSA) is 142 Å². The lowest BCUT2D eigenvalue weighted by Gasteiger charge is -2.28. The lowest BCUT2D eigenvalue weighted by Crippen LogP contribution is -2.51. The van der Waals surface area contributed by atoms with Gasteiger partial charge in [-0.1, -0.05) is 30.3 Å². The molecule has 0 fully saturated rings. The minimum absolute atomic E-state index is 0.190. The molecule has 0 aromatic heterocycles. The van der Waals surface area contributed by atoms with Crippen LogP contribution in [-0.4, -0.2) is 52.3 Å². The molecule has 0 aliphatic carbocycles. The van der Waals surface area contributed by atoms with Crippen molar-refractivity contribution in [2.24, 2.45) is 0 Å². The van der Waals surface area contributed by atoms with Crippen molar-refractivity contribution in [1.82, 2.24) is 10.2 Å². The number of fused-ring (bicyclic) bond motifs is 1. The van der Waals surface area contributed by atoms with Crippen molar-refractivity contribution < 1.29 is 24.3 Å². The van der Waals surface area contributed by atoms with Crippen molar-refractivity contribution in [2.75, 3.05) is 17.6 Å². The van der Waals surface area contributed by atoms with Crippen molar-refractivity contribution in [3.8, 4) is 0 Å². The molecule has 0 saturated heterocycles. The van der Waals surface area contributed by atoms with Crippen LogP contribution in [-0.2, 0) is 20.8 Å². The molecule has 2 aromatic carbocycles. The van der Waals surface area contributed by atoms with Crippen LogP contribution in [0.2, 0.25) is 0 Å². The number of benzene rings is 2. The Morgan fingerprint density at radius 1 is 1.19 bits per heavy atom. The summed E-state index contributed by atoms with van der Waals surface area (Å²) in [6.45, 7) is 1.16. The number of nitrogen functional groups attached to an aromatic ring is 1. The number of carbonyl (C=O) groups excluding carboxylic acids is 3. The van der Waals surface area contributed by atoms with Gasteiger partial charge in [-0.25, -0.2) is 0 Å². The number of hydrogen-bond acceptors (Lipinski definition) is 5. The molecule has 1 aliphatic rings. The Labute approximate surface area is 179 Å². The number of nitrogens with zero attached hydrogens (tertiary/aromatic N) is 1. The number of nitrogens with two attached hydrogens (primary N) is 1. The highest BCUT2D eigenvalue weighted by atomic mass is 16.4. The highest BCUT2D eigenvalue weighted by Gasteiger charge is 2.36. The Hall–Kier alpha value is -3.88. The van der Waals surface area contributed by atoms with Gasteiger partial charge in [-0.2, -0.15) is 0 Å². The van der Waals surface area contributed by atoms with E-state index in [0.29, 0.717) is 11.4 Å². The average Bonchev–Trinajstić information content (AvgIpc) is 2.79. The smallest absolute Gasteiger partial charge is 0.305 e. The van der Waals surface area contributed by atoms with Gasteiger partial charge in [0.25, 0.3) is 5.91 Å². The number of nitrogens with one attached hydrogen (secondary N) is 2. The maximum atomic E-state index is 13.3. The van der Waals surface area contributed by atoms with Gasteiger partial charge in [-0.15, -0.1) is 0 Å². The Morgan fingerprint density at radius 3 is 2.58 bits per heavy atom. The fourth-order valence-corrected chi connectivity index (χ4v) is 3.51. The van der Waals surface area contributed by atoms with Crippen molar-refractivity contribution in [3.05, 3.63) is 59.7 Å². The van der Waals surface area contributed by atoms with E-state index in [1.165, 1.54) is 11.0 Å². The number of hydrogen-bond donors (Lipinski definition) is 4. The summed E-state index contributed by atoms with van der Waals surface area (Å²) in [5.41, 5.74) is 7.52. The van der Waals surface area contributed by atoms with Gasteiger partial charge in [0.15, 0.2) is 0 Å². The highest BCUT2D eigenvalue weighted by Crippen LogP contribution is 2.26.